The zero-order valence-electron chi connectivity index (χ0n) is 15.6. The lowest BCUT2D eigenvalue weighted by atomic mass is 9.89. The van der Waals surface area contributed by atoms with Crippen LogP contribution in [0.25, 0.3) is 0 Å². The van der Waals surface area contributed by atoms with Crippen LogP contribution in [0.2, 0.25) is 0 Å². The van der Waals surface area contributed by atoms with Gasteiger partial charge in [-0.2, -0.15) is 0 Å². The Morgan fingerprint density at radius 3 is 2.18 bits per heavy atom. The van der Waals surface area contributed by atoms with Gasteiger partial charge in [-0.25, -0.2) is 0 Å². The predicted octanol–water partition coefficient (Wildman–Crippen LogP) is 2.34. The number of carbonyl (C=O) groups is 1. The van der Waals surface area contributed by atoms with E-state index in [-0.39, 0.29) is 36.4 Å². The van der Waals surface area contributed by atoms with Crippen molar-refractivity contribution in [1.82, 2.24) is 0 Å². The summed E-state index contributed by atoms with van der Waals surface area (Å²) in [5, 5.41) is 0. The van der Waals surface area contributed by atoms with Gasteiger partial charge >= 0.3 is 0 Å². The first-order chi connectivity index (χ1) is 13.8. The Hall–Kier alpha value is -2.25. The van der Waals surface area contributed by atoms with Gasteiger partial charge in [0.15, 0.2) is 6.10 Å². The first kappa shape index (κ1) is 17.8. The Bertz CT molecular complexity index is 829. The monoisotopic (exact) mass is 381 g/mol. The fourth-order valence-corrected chi connectivity index (χ4v) is 4.38. The molecule has 3 aliphatic rings. The van der Waals surface area contributed by atoms with E-state index >= 15 is 0 Å². The molecule has 5 rings (SSSR count). The van der Waals surface area contributed by atoms with E-state index < -0.39 is 6.10 Å². The molecule has 2 aromatic rings. The molecule has 3 fully saturated rings. The number of rotatable bonds is 5. The molecule has 1 amide bonds. The molecule has 6 nitrogen and oxygen atoms in total. The van der Waals surface area contributed by atoms with Crippen LogP contribution in [0.4, 0.5) is 5.69 Å². The van der Waals surface area contributed by atoms with Crippen LogP contribution < -0.4 is 4.90 Å². The summed E-state index contributed by atoms with van der Waals surface area (Å²) in [6.07, 6.45) is -1.24. The second-order valence-corrected chi connectivity index (χ2v) is 7.36. The number of para-hydroxylation sites is 1. The summed E-state index contributed by atoms with van der Waals surface area (Å²) in [6.45, 7) is 0.897. The van der Waals surface area contributed by atoms with Gasteiger partial charge in [0.1, 0.15) is 24.4 Å². The second kappa shape index (κ2) is 7.29. The fraction of sp³-hybridized carbons (Fsp3) is 0.409. The summed E-state index contributed by atoms with van der Waals surface area (Å²) in [5.41, 5.74) is 1.92. The molecule has 0 aromatic heterocycles. The van der Waals surface area contributed by atoms with Gasteiger partial charge < -0.3 is 18.9 Å². The number of benzene rings is 2. The van der Waals surface area contributed by atoms with E-state index in [0.717, 1.165) is 11.3 Å². The highest BCUT2D eigenvalue weighted by Gasteiger charge is 2.55. The van der Waals surface area contributed by atoms with Crippen molar-refractivity contribution in [2.75, 3.05) is 25.2 Å². The summed E-state index contributed by atoms with van der Waals surface area (Å²) < 4.78 is 23.4. The van der Waals surface area contributed by atoms with E-state index in [1.807, 2.05) is 60.7 Å². The molecule has 28 heavy (non-hydrogen) atoms. The lowest BCUT2D eigenvalue weighted by Crippen LogP contribution is -2.61. The SMILES string of the molecule is CO[C@@H]1CO[C@H]2[C@@H]1OC[C@@H]2O[C@H]1C(=O)N(c2ccccc2)[C@H]1c1ccccc1. The summed E-state index contributed by atoms with van der Waals surface area (Å²) in [7, 11) is 1.66. The number of hydrogen-bond donors (Lipinski definition) is 0. The third-order valence-corrected chi connectivity index (χ3v) is 5.81. The van der Waals surface area contributed by atoms with Crippen molar-refractivity contribution in [3.05, 3.63) is 66.2 Å². The average molecular weight is 381 g/mol. The van der Waals surface area contributed by atoms with E-state index in [1.54, 1.807) is 12.0 Å². The molecule has 146 valence electrons. The van der Waals surface area contributed by atoms with Crippen LogP contribution in [0.3, 0.4) is 0 Å². The lowest BCUT2D eigenvalue weighted by molar-refractivity contribution is -0.154. The number of carbonyl (C=O) groups excluding carboxylic acids is 1. The Labute approximate surface area is 163 Å². The number of hydrogen-bond acceptors (Lipinski definition) is 5. The molecule has 3 heterocycles. The summed E-state index contributed by atoms with van der Waals surface area (Å²) in [4.78, 5) is 14.8. The van der Waals surface area contributed by atoms with Crippen molar-refractivity contribution in [3.8, 4) is 0 Å². The zero-order chi connectivity index (χ0) is 19.1. The highest BCUT2D eigenvalue weighted by Crippen LogP contribution is 2.42. The Morgan fingerprint density at radius 2 is 1.50 bits per heavy atom. The maximum absolute atomic E-state index is 13.0. The normalized spacial score (nSPS) is 34.3. The van der Waals surface area contributed by atoms with Gasteiger partial charge in [-0.15, -0.1) is 0 Å². The van der Waals surface area contributed by atoms with E-state index in [2.05, 4.69) is 0 Å². The first-order valence-electron chi connectivity index (χ1n) is 9.62. The fourth-order valence-electron chi connectivity index (χ4n) is 4.38. The predicted molar refractivity (Wildman–Crippen MR) is 102 cm³/mol. The molecule has 0 saturated carbocycles. The van der Waals surface area contributed by atoms with Crippen molar-refractivity contribution >= 4 is 11.6 Å². The van der Waals surface area contributed by atoms with Gasteiger partial charge in [0.2, 0.25) is 0 Å². The summed E-state index contributed by atoms with van der Waals surface area (Å²) in [5.74, 6) is -0.0372. The van der Waals surface area contributed by atoms with Crippen LogP contribution in [0.5, 0.6) is 0 Å². The molecule has 0 bridgehead atoms. The number of nitrogens with zero attached hydrogens (tertiary/aromatic N) is 1. The van der Waals surface area contributed by atoms with E-state index in [9.17, 15) is 4.79 Å². The molecule has 6 heteroatoms. The molecule has 0 spiro atoms. The lowest BCUT2D eigenvalue weighted by Gasteiger charge is -2.47. The topological polar surface area (TPSA) is 57.2 Å². The minimum Gasteiger partial charge on any atom is -0.376 e. The van der Waals surface area contributed by atoms with Gasteiger partial charge in [0.25, 0.3) is 5.91 Å². The molecule has 0 N–H and O–H groups in total. The largest absolute Gasteiger partial charge is 0.376 e. The summed E-state index contributed by atoms with van der Waals surface area (Å²) >= 11 is 0. The Morgan fingerprint density at radius 1 is 0.893 bits per heavy atom. The highest BCUT2D eigenvalue weighted by molar-refractivity contribution is 6.05. The van der Waals surface area contributed by atoms with Crippen molar-refractivity contribution in [2.24, 2.45) is 0 Å². The Balaban J connectivity index is 1.39. The Kier molecular flexibility index (Phi) is 4.64. The van der Waals surface area contributed by atoms with Crippen LogP contribution in [-0.4, -0.2) is 56.8 Å². The van der Waals surface area contributed by atoms with Crippen molar-refractivity contribution in [2.45, 2.75) is 36.6 Å². The molecule has 3 aliphatic heterocycles. The smallest absolute Gasteiger partial charge is 0.259 e. The van der Waals surface area contributed by atoms with Crippen molar-refractivity contribution in [3.63, 3.8) is 0 Å². The number of fused-ring (bicyclic) bond motifs is 1. The highest BCUT2D eigenvalue weighted by atomic mass is 16.6. The number of β-lactam (4-membered cyclic amide) rings is 1. The van der Waals surface area contributed by atoms with Crippen molar-refractivity contribution in [1.29, 1.82) is 0 Å². The maximum Gasteiger partial charge on any atom is 0.259 e. The molecular formula is C22H23NO5. The number of amides is 1. The van der Waals surface area contributed by atoms with Crippen molar-refractivity contribution < 1.29 is 23.7 Å². The number of methoxy groups -OCH3 is 1. The van der Waals surface area contributed by atoms with Crippen LogP contribution in [0.15, 0.2) is 60.7 Å². The van der Waals surface area contributed by atoms with Crippen LogP contribution in [0.1, 0.15) is 11.6 Å². The molecule has 3 saturated heterocycles. The molecule has 0 aliphatic carbocycles. The van der Waals surface area contributed by atoms with Gasteiger partial charge in [-0.05, 0) is 17.7 Å². The van der Waals surface area contributed by atoms with Gasteiger partial charge in [-0.3, -0.25) is 9.69 Å². The standard InChI is InChI=1S/C22H23NO5/c1-25-16-12-26-20-17(13-27-19(16)20)28-21-18(14-8-4-2-5-9-14)23(22(21)24)15-10-6-3-7-11-15/h2-11,16-21H,12-13H2,1H3/t16-,17+,18+,19-,20-,21-/m1/s1. The third kappa shape index (κ3) is 2.84. The molecule has 0 unspecified atom stereocenters. The van der Waals surface area contributed by atoms with Crippen LogP contribution in [0, 0.1) is 0 Å². The summed E-state index contributed by atoms with van der Waals surface area (Å²) in [6, 6.07) is 19.5. The van der Waals surface area contributed by atoms with E-state index in [1.165, 1.54) is 0 Å². The van der Waals surface area contributed by atoms with Gasteiger partial charge in [0.05, 0.1) is 19.3 Å². The van der Waals surface area contributed by atoms with E-state index in [4.69, 9.17) is 18.9 Å². The average Bonchev–Trinajstić information content (AvgIpc) is 3.33. The molecule has 0 radical (unpaired) electrons. The molecule has 2 aromatic carbocycles. The maximum atomic E-state index is 13.0. The van der Waals surface area contributed by atoms with Crippen LogP contribution >= 0.6 is 0 Å². The van der Waals surface area contributed by atoms with Gasteiger partial charge in [0, 0.05) is 12.8 Å². The second-order valence-electron chi connectivity index (χ2n) is 7.36. The number of ether oxygens (including phenoxy) is 4. The van der Waals surface area contributed by atoms with E-state index in [0.29, 0.717) is 13.2 Å². The minimum atomic E-state index is -0.555. The van der Waals surface area contributed by atoms with Gasteiger partial charge in [-0.1, -0.05) is 48.5 Å². The number of anilines is 1. The quantitative estimate of drug-likeness (QED) is 0.744. The molecular weight excluding hydrogens is 358 g/mol. The zero-order valence-corrected chi connectivity index (χ0v) is 15.6. The first-order valence-corrected chi connectivity index (χ1v) is 9.62. The molecule has 6 atom stereocenters. The van der Waals surface area contributed by atoms with Crippen LogP contribution in [-0.2, 0) is 23.7 Å². The minimum absolute atomic E-state index is 0.0372. The third-order valence-electron chi connectivity index (χ3n) is 5.81.